The molecule has 0 N–H and O–H groups in total. The van der Waals surface area contributed by atoms with Gasteiger partial charge in [0.25, 0.3) is 0 Å². The van der Waals surface area contributed by atoms with Crippen LogP contribution in [-0.4, -0.2) is 5.60 Å². The van der Waals surface area contributed by atoms with Gasteiger partial charge in [-0.1, -0.05) is 12.2 Å². The molecule has 0 unspecified atom stereocenters. The first-order valence-corrected chi connectivity index (χ1v) is 5.00. The maximum Gasteiger partial charge on any atom is 0.127 e. The van der Waals surface area contributed by atoms with Crippen molar-refractivity contribution in [3.05, 3.63) is 35.4 Å². The first kappa shape index (κ1) is 9.79. The summed E-state index contributed by atoms with van der Waals surface area (Å²) in [6.07, 6.45) is 4.99. The molecule has 1 aromatic carbocycles. The molecule has 0 saturated carbocycles. The van der Waals surface area contributed by atoms with Gasteiger partial charge in [-0.25, -0.2) is 0 Å². The van der Waals surface area contributed by atoms with Crippen molar-refractivity contribution in [3.8, 4) is 11.8 Å². The molecule has 0 aliphatic carbocycles. The van der Waals surface area contributed by atoms with E-state index >= 15 is 0 Å². The van der Waals surface area contributed by atoms with Gasteiger partial charge in [-0.05, 0) is 32.0 Å². The minimum absolute atomic E-state index is 0.171. The molecular weight excluding hydrogens is 186 g/mol. The fraction of sp³-hybridized carbons (Fsp3) is 0.308. The molecule has 1 aromatic rings. The molecule has 15 heavy (non-hydrogen) atoms. The first-order valence-electron chi connectivity index (χ1n) is 5.00. The lowest BCUT2D eigenvalue weighted by molar-refractivity contribution is 0.114. The average molecular weight is 199 g/mol. The summed E-state index contributed by atoms with van der Waals surface area (Å²) in [5, 5.41) is 8.80. The van der Waals surface area contributed by atoms with E-state index in [9.17, 15) is 0 Å². The number of fused-ring (bicyclic) bond motifs is 1. The molecule has 0 saturated heterocycles. The molecule has 2 rings (SSSR count). The van der Waals surface area contributed by atoms with Crippen molar-refractivity contribution in [2.75, 3.05) is 0 Å². The second kappa shape index (κ2) is 3.43. The Bertz CT molecular complexity index is 452. The van der Waals surface area contributed by atoms with Crippen LogP contribution in [0.5, 0.6) is 5.75 Å². The average Bonchev–Trinajstić information content (AvgIpc) is 2.33. The van der Waals surface area contributed by atoms with Crippen molar-refractivity contribution < 1.29 is 4.74 Å². The van der Waals surface area contributed by atoms with Crippen LogP contribution in [0, 0.1) is 11.3 Å². The summed E-state index contributed by atoms with van der Waals surface area (Å²) in [5.41, 5.74) is 1.48. The van der Waals surface area contributed by atoms with Crippen molar-refractivity contribution in [2.24, 2.45) is 0 Å². The van der Waals surface area contributed by atoms with E-state index in [1.807, 2.05) is 18.2 Å². The van der Waals surface area contributed by atoms with Crippen LogP contribution in [-0.2, 0) is 0 Å². The number of benzene rings is 1. The largest absolute Gasteiger partial charge is 0.487 e. The molecule has 2 heteroatoms. The fourth-order valence-corrected chi connectivity index (χ4v) is 1.65. The highest BCUT2D eigenvalue weighted by molar-refractivity contribution is 5.60. The van der Waals surface area contributed by atoms with Gasteiger partial charge >= 0.3 is 0 Å². The van der Waals surface area contributed by atoms with Crippen LogP contribution in [0.1, 0.15) is 31.4 Å². The smallest absolute Gasteiger partial charge is 0.127 e. The van der Waals surface area contributed by atoms with E-state index in [0.29, 0.717) is 5.56 Å². The van der Waals surface area contributed by atoms with Gasteiger partial charge < -0.3 is 4.74 Å². The zero-order valence-corrected chi connectivity index (χ0v) is 8.95. The predicted octanol–water partition coefficient (Wildman–Crippen LogP) is 3.13. The lowest BCUT2D eigenvalue weighted by Crippen LogP contribution is -2.26. The van der Waals surface area contributed by atoms with Crippen LogP contribution in [0.3, 0.4) is 0 Å². The standard InChI is InChI=1S/C13H13NO/c1-13(2)7-3-4-11-8-10(9-14)5-6-12(11)15-13/h3-6,8H,7H2,1-2H3. The highest BCUT2D eigenvalue weighted by Gasteiger charge is 2.21. The van der Waals surface area contributed by atoms with Crippen LogP contribution >= 0.6 is 0 Å². The van der Waals surface area contributed by atoms with Gasteiger partial charge in [-0.2, -0.15) is 5.26 Å². The van der Waals surface area contributed by atoms with Crippen LogP contribution in [0.25, 0.3) is 6.08 Å². The number of hydrogen-bond acceptors (Lipinski definition) is 2. The van der Waals surface area contributed by atoms with Crippen molar-refractivity contribution in [1.82, 2.24) is 0 Å². The lowest BCUT2D eigenvalue weighted by atomic mass is 10.1. The highest BCUT2D eigenvalue weighted by atomic mass is 16.5. The van der Waals surface area contributed by atoms with Gasteiger partial charge in [0, 0.05) is 12.0 Å². The van der Waals surface area contributed by atoms with Crippen LogP contribution < -0.4 is 4.74 Å². The highest BCUT2D eigenvalue weighted by Crippen LogP contribution is 2.30. The molecule has 0 spiro atoms. The van der Waals surface area contributed by atoms with E-state index < -0.39 is 0 Å². The molecule has 0 aromatic heterocycles. The summed E-state index contributed by atoms with van der Waals surface area (Å²) in [7, 11) is 0. The van der Waals surface area contributed by atoms with Gasteiger partial charge in [0.1, 0.15) is 11.4 Å². The molecule has 2 nitrogen and oxygen atoms in total. The third-order valence-corrected chi connectivity index (χ3v) is 2.43. The maximum absolute atomic E-state index is 8.80. The zero-order chi connectivity index (χ0) is 10.9. The summed E-state index contributed by atoms with van der Waals surface area (Å²) in [4.78, 5) is 0. The second-order valence-corrected chi connectivity index (χ2v) is 4.33. The summed E-state index contributed by atoms with van der Waals surface area (Å²) in [6, 6.07) is 7.64. The molecule has 0 atom stereocenters. The SMILES string of the molecule is CC1(C)CC=Cc2cc(C#N)ccc2O1. The Hall–Kier alpha value is -1.75. The Balaban J connectivity index is 2.47. The second-order valence-electron chi connectivity index (χ2n) is 4.33. The van der Waals surface area contributed by atoms with Crippen molar-refractivity contribution >= 4 is 6.08 Å². The zero-order valence-electron chi connectivity index (χ0n) is 8.95. The molecule has 0 fully saturated rings. The summed E-state index contributed by atoms with van der Waals surface area (Å²) in [5.74, 6) is 0.854. The molecule has 1 heterocycles. The molecule has 1 aliphatic rings. The van der Waals surface area contributed by atoms with E-state index in [1.54, 1.807) is 6.07 Å². The van der Waals surface area contributed by atoms with Gasteiger partial charge in [0.15, 0.2) is 0 Å². The van der Waals surface area contributed by atoms with E-state index in [1.165, 1.54) is 0 Å². The van der Waals surface area contributed by atoms with Crippen LogP contribution in [0.4, 0.5) is 0 Å². The van der Waals surface area contributed by atoms with Crippen LogP contribution in [0.2, 0.25) is 0 Å². The van der Waals surface area contributed by atoms with Gasteiger partial charge in [0.05, 0.1) is 11.6 Å². The minimum Gasteiger partial charge on any atom is -0.487 e. The molecule has 0 bridgehead atoms. The lowest BCUT2D eigenvalue weighted by Gasteiger charge is -2.24. The Labute approximate surface area is 89.8 Å². The minimum atomic E-state index is -0.171. The van der Waals surface area contributed by atoms with Crippen molar-refractivity contribution in [1.29, 1.82) is 5.26 Å². The maximum atomic E-state index is 8.80. The number of rotatable bonds is 0. The summed E-state index contributed by atoms with van der Waals surface area (Å²) >= 11 is 0. The van der Waals surface area contributed by atoms with Crippen LogP contribution in [0.15, 0.2) is 24.3 Å². The summed E-state index contributed by atoms with van der Waals surface area (Å²) in [6.45, 7) is 4.12. The van der Waals surface area contributed by atoms with Gasteiger partial charge in [-0.15, -0.1) is 0 Å². The number of hydrogen-bond donors (Lipinski definition) is 0. The number of ether oxygens (including phenoxy) is 1. The van der Waals surface area contributed by atoms with E-state index in [-0.39, 0.29) is 5.60 Å². The quantitative estimate of drug-likeness (QED) is 0.643. The molecule has 76 valence electrons. The Morgan fingerprint density at radius 2 is 2.20 bits per heavy atom. The normalized spacial score (nSPS) is 17.1. The fourth-order valence-electron chi connectivity index (χ4n) is 1.65. The Morgan fingerprint density at radius 1 is 1.40 bits per heavy atom. The molecule has 0 amide bonds. The van der Waals surface area contributed by atoms with E-state index in [4.69, 9.17) is 10.00 Å². The van der Waals surface area contributed by atoms with Crippen molar-refractivity contribution in [2.45, 2.75) is 25.9 Å². The van der Waals surface area contributed by atoms with E-state index in [2.05, 4.69) is 26.0 Å². The van der Waals surface area contributed by atoms with Crippen molar-refractivity contribution in [3.63, 3.8) is 0 Å². The van der Waals surface area contributed by atoms with E-state index in [0.717, 1.165) is 17.7 Å². The number of nitriles is 1. The Kier molecular flexibility index (Phi) is 2.24. The summed E-state index contributed by atoms with van der Waals surface area (Å²) < 4.78 is 5.87. The molecule has 0 radical (unpaired) electrons. The molecular formula is C13H13NO. The topological polar surface area (TPSA) is 33.0 Å². The Morgan fingerprint density at radius 3 is 2.93 bits per heavy atom. The molecule has 1 aliphatic heterocycles. The van der Waals surface area contributed by atoms with Gasteiger partial charge in [-0.3, -0.25) is 0 Å². The van der Waals surface area contributed by atoms with Gasteiger partial charge in [0.2, 0.25) is 0 Å². The predicted molar refractivity (Wildman–Crippen MR) is 59.5 cm³/mol. The third-order valence-electron chi connectivity index (χ3n) is 2.43. The third kappa shape index (κ3) is 2.02. The number of nitrogens with zero attached hydrogens (tertiary/aromatic N) is 1. The first-order chi connectivity index (χ1) is 7.11. The monoisotopic (exact) mass is 199 g/mol.